The molecule has 0 aliphatic rings. The zero-order valence-corrected chi connectivity index (χ0v) is 20.2. The molecule has 2 aromatic carbocycles. The van der Waals surface area contributed by atoms with Crippen molar-refractivity contribution in [2.24, 2.45) is 0 Å². The molecule has 1 atom stereocenters. The van der Waals surface area contributed by atoms with Gasteiger partial charge in [0, 0.05) is 17.7 Å². The highest BCUT2D eigenvalue weighted by Crippen LogP contribution is 2.29. The van der Waals surface area contributed by atoms with E-state index < -0.39 is 8.25 Å². The van der Waals surface area contributed by atoms with Crippen LogP contribution in [0.15, 0.2) is 59.2 Å². The molecule has 0 aliphatic carbocycles. The van der Waals surface area contributed by atoms with Crippen molar-refractivity contribution < 1.29 is 27.2 Å². The number of halogens is 2. The summed E-state index contributed by atoms with van der Waals surface area (Å²) >= 11 is 0. The molecule has 2 N–H and O–H groups in total. The zero-order valence-electron chi connectivity index (χ0n) is 19.2. The summed E-state index contributed by atoms with van der Waals surface area (Å²) in [5.74, 6) is 0.247. The Morgan fingerprint density at radius 1 is 0.941 bits per heavy atom. The average molecular weight is 492 g/mol. The highest BCUT2D eigenvalue weighted by molar-refractivity contribution is 7.32. The molecule has 5 nitrogen and oxygen atoms in total. The van der Waals surface area contributed by atoms with Gasteiger partial charge in [0.15, 0.2) is 0 Å². The van der Waals surface area contributed by atoms with E-state index in [4.69, 9.17) is 9.31 Å². The quantitative estimate of drug-likeness (QED) is 0.189. The fraction of sp³-hybridized carbons (Fsp3) is 0.385. The van der Waals surface area contributed by atoms with Crippen molar-refractivity contribution >= 4 is 8.25 Å². The van der Waals surface area contributed by atoms with Crippen molar-refractivity contribution in [3.05, 3.63) is 83.1 Å². The molecule has 1 aromatic heterocycles. The Morgan fingerprint density at radius 3 is 2.41 bits per heavy atom. The van der Waals surface area contributed by atoms with Crippen LogP contribution in [0.3, 0.4) is 0 Å². The van der Waals surface area contributed by atoms with E-state index in [2.05, 4.69) is 9.84 Å². The second-order valence-electron chi connectivity index (χ2n) is 8.26. The Kier molecular flexibility index (Phi) is 11.0. The van der Waals surface area contributed by atoms with Gasteiger partial charge in [0.25, 0.3) is 0 Å². The van der Waals surface area contributed by atoms with Gasteiger partial charge >= 0.3 is 8.25 Å². The Bertz CT molecular complexity index is 1030. The molecule has 0 saturated heterocycles. The summed E-state index contributed by atoms with van der Waals surface area (Å²) in [5, 5.41) is 3.15. The van der Waals surface area contributed by atoms with Crippen LogP contribution in [0.2, 0.25) is 0 Å². The van der Waals surface area contributed by atoms with Gasteiger partial charge in [-0.2, -0.15) is 0 Å². The molecule has 0 aliphatic heterocycles. The van der Waals surface area contributed by atoms with Gasteiger partial charge in [0.1, 0.15) is 17.4 Å². The topological polar surface area (TPSA) is 71.7 Å². The standard InChI is InChI=1S/C26H32F2NO4P/c27-23-12-10-20(11-13-23)7-3-1-2-4-8-21-18-25(28)22(17-24(21)26-9-5-15-32-26)19-29-14-6-16-33-34(30)31/h5,9-13,15,17-18,29,34H,1-4,6-8,14,16,19H2,(H,30,31). The summed E-state index contributed by atoms with van der Waals surface area (Å²) in [5.41, 5.74) is 3.52. The maximum atomic E-state index is 14.8. The summed E-state index contributed by atoms with van der Waals surface area (Å²) in [7, 11) is -2.90. The fourth-order valence-corrected chi connectivity index (χ4v) is 4.21. The van der Waals surface area contributed by atoms with Gasteiger partial charge in [-0.25, -0.2) is 8.78 Å². The van der Waals surface area contributed by atoms with Crippen molar-refractivity contribution in [1.82, 2.24) is 5.32 Å². The molecule has 34 heavy (non-hydrogen) atoms. The van der Waals surface area contributed by atoms with E-state index in [-0.39, 0.29) is 18.2 Å². The summed E-state index contributed by atoms with van der Waals surface area (Å²) in [6.45, 7) is 1.08. The van der Waals surface area contributed by atoms with Crippen LogP contribution >= 0.6 is 8.25 Å². The third-order valence-corrected chi connectivity index (χ3v) is 6.12. The first-order valence-corrected chi connectivity index (χ1v) is 13.0. The van der Waals surface area contributed by atoms with Gasteiger partial charge in [0.05, 0.1) is 12.9 Å². The van der Waals surface area contributed by atoms with Crippen LogP contribution in [0.1, 0.15) is 48.8 Å². The van der Waals surface area contributed by atoms with Gasteiger partial charge < -0.3 is 19.2 Å². The number of rotatable bonds is 15. The van der Waals surface area contributed by atoms with E-state index in [9.17, 15) is 13.3 Å². The average Bonchev–Trinajstić information content (AvgIpc) is 3.35. The first kappa shape index (κ1) is 26.3. The normalized spacial score (nSPS) is 12.2. The summed E-state index contributed by atoms with van der Waals surface area (Å²) < 4.78 is 48.6. The summed E-state index contributed by atoms with van der Waals surface area (Å²) in [6.07, 6.45) is 7.94. The van der Waals surface area contributed by atoms with E-state index in [0.29, 0.717) is 30.8 Å². The maximum absolute atomic E-state index is 14.8. The highest BCUT2D eigenvalue weighted by atomic mass is 31.1. The van der Waals surface area contributed by atoms with Crippen LogP contribution < -0.4 is 5.32 Å². The predicted octanol–water partition coefficient (Wildman–Crippen LogP) is 6.45. The molecule has 0 radical (unpaired) electrons. The molecular weight excluding hydrogens is 459 g/mol. The lowest BCUT2D eigenvalue weighted by Gasteiger charge is -2.13. The van der Waals surface area contributed by atoms with E-state index >= 15 is 0 Å². The van der Waals surface area contributed by atoms with E-state index in [1.54, 1.807) is 12.3 Å². The number of furan rings is 1. The summed E-state index contributed by atoms with van der Waals surface area (Å²) in [4.78, 5) is 8.66. The minimum atomic E-state index is -2.90. The first-order valence-electron chi connectivity index (χ1n) is 11.7. The van der Waals surface area contributed by atoms with Crippen LogP contribution in [0.4, 0.5) is 8.78 Å². The number of hydrogen-bond donors (Lipinski definition) is 2. The molecule has 184 valence electrons. The molecule has 0 fully saturated rings. The lowest BCUT2D eigenvalue weighted by Crippen LogP contribution is -2.17. The van der Waals surface area contributed by atoms with Crippen molar-refractivity contribution in [3.63, 3.8) is 0 Å². The van der Waals surface area contributed by atoms with Gasteiger partial charge in [-0.1, -0.05) is 25.0 Å². The smallest absolute Gasteiger partial charge is 0.316 e. The van der Waals surface area contributed by atoms with Gasteiger partial charge in [-0.05, 0) is 86.2 Å². The Labute approximate surface area is 200 Å². The molecule has 3 aromatic rings. The predicted molar refractivity (Wildman–Crippen MR) is 130 cm³/mol. The third kappa shape index (κ3) is 8.80. The van der Waals surface area contributed by atoms with Crippen molar-refractivity contribution in [2.45, 2.75) is 51.5 Å². The number of hydrogen-bond acceptors (Lipinski definition) is 4. The minimum Gasteiger partial charge on any atom is -0.464 e. The molecule has 0 bridgehead atoms. The van der Waals surface area contributed by atoms with Crippen LogP contribution in [0, 0.1) is 11.6 Å². The molecule has 1 unspecified atom stereocenters. The molecular formula is C26H32F2NO4P. The number of nitrogens with one attached hydrogen (secondary N) is 1. The second-order valence-corrected chi connectivity index (χ2v) is 9.08. The zero-order chi connectivity index (χ0) is 24.2. The van der Waals surface area contributed by atoms with Crippen LogP contribution in [-0.4, -0.2) is 18.0 Å². The molecule has 0 amide bonds. The number of benzene rings is 2. The van der Waals surface area contributed by atoms with Gasteiger partial charge in [-0.3, -0.25) is 4.57 Å². The third-order valence-electron chi connectivity index (χ3n) is 5.67. The second kappa shape index (κ2) is 14.2. The van der Waals surface area contributed by atoms with Gasteiger partial charge in [0.2, 0.25) is 0 Å². The Hall–Kier alpha value is -2.31. The molecule has 0 saturated carbocycles. The number of unbranched alkanes of at least 4 members (excludes halogenated alkanes) is 3. The monoisotopic (exact) mass is 491 g/mol. The van der Waals surface area contributed by atoms with Crippen LogP contribution in [-0.2, 0) is 28.5 Å². The lowest BCUT2D eigenvalue weighted by atomic mass is 9.96. The number of aryl methyl sites for hydroxylation is 2. The first-order chi connectivity index (χ1) is 16.5. The minimum absolute atomic E-state index is 0.185. The van der Waals surface area contributed by atoms with Crippen LogP contribution in [0.25, 0.3) is 11.3 Å². The van der Waals surface area contributed by atoms with Crippen LogP contribution in [0.5, 0.6) is 0 Å². The largest absolute Gasteiger partial charge is 0.464 e. The fourth-order valence-electron chi connectivity index (χ4n) is 3.89. The van der Waals surface area contributed by atoms with Crippen molar-refractivity contribution in [3.8, 4) is 11.3 Å². The SMILES string of the molecule is O=[PH](O)OCCCNCc1cc(-c2ccco2)c(CCCCCCc2ccc(F)cc2)cc1F. The Balaban J connectivity index is 1.50. The molecule has 3 rings (SSSR count). The van der Waals surface area contributed by atoms with E-state index in [1.165, 1.54) is 12.1 Å². The lowest BCUT2D eigenvalue weighted by molar-refractivity contribution is 0.276. The highest BCUT2D eigenvalue weighted by Gasteiger charge is 2.13. The molecule has 0 spiro atoms. The van der Waals surface area contributed by atoms with Crippen molar-refractivity contribution in [1.29, 1.82) is 0 Å². The molecule has 1 heterocycles. The maximum Gasteiger partial charge on any atom is 0.316 e. The summed E-state index contributed by atoms with van der Waals surface area (Å²) in [6, 6.07) is 13.8. The van der Waals surface area contributed by atoms with Crippen molar-refractivity contribution in [2.75, 3.05) is 13.2 Å². The van der Waals surface area contributed by atoms with Gasteiger partial charge in [-0.15, -0.1) is 0 Å². The van der Waals surface area contributed by atoms with E-state index in [0.717, 1.165) is 55.2 Å². The van der Waals surface area contributed by atoms with E-state index in [1.807, 2.05) is 30.3 Å². The molecule has 8 heteroatoms. The Morgan fingerprint density at radius 2 is 1.71 bits per heavy atom.